The first kappa shape index (κ1) is 23.0. The lowest BCUT2D eigenvalue weighted by atomic mass is 9.53. The number of ketones is 1. The van der Waals surface area contributed by atoms with Crippen molar-refractivity contribution in [3.8, 4) is 0 Å². The summed E-state index contributed by atoms with van der Waals surface area (Å²) in [6, 6.07) is 16.4. The van der Waals surface area contributed by atoms with Crippen LogP contribution in [0.5, 0.6) is 0 Å². The van der Waals surface area contributed by atoms with Gasteiger partial charge in [-0.15, -0.1) is 0 Å². The molecule has 7 heteroatoms. The number of amides is 1. The summed E-state index contributed by atoms with van der Waals surface area (Å²) in [6.07, 6.45) is 4.85. The van der Waals surface area contributed by atoms with E-state index in [1.54, 1.807) is 0 Å². The van der Waals surface area contributed by atoms with E-state index in [0.29, 0.717) is 42.5 Å². The molecule has 5 nitrogen and oxygen atoms in total. The number of piperidine rings is 2. The van der Waals surface area contributed by atoms with Gasteiger partial charge in [0.25, 0.3) is 0 Å². The first-order valence-electron chi connectivity index (χ1n) is 12.9. The Bertz CT molecular complexity index is 1330. The highest BCUT2D eigenvalue weighted by atomic mass is 35.5. The van der Waals surface area contributed by atoms with Crippen molar-refractivity contribution >= 4 is 29.0 Å². The molecule has 5 heterocycles. The first-order valence-corrected chi connectivity index (χ1v) is 13.3. The molecule has 6 aliphatic rings. The second kappa shape index (κ2) is 7.67. The molecule has 186 valence electrons. The Morgan fingerprint density at radius 2 is 1.97 bits per heavy atom. The van der Waals surface area contributed by atoms with Crippen molar-refractivity contribution in [3.05, 3.63) is 76.3 Å². The average Bonchev–Trinajstić information content (AvgIpc) is 3.29. The van der Waals surface area contributed by atoms with Gasteiger partial charge in [-0.25, -0.2) is 0 Å². The number of rotatable bonds is 3. The van der Waals surface area contributed by atoms with Gasteiger partial charge in [0.2, 0.25) is 11.7 Å². The summed E-state index contributed by atoms with van der Waals surface area (Å²) in [4.78, 5) is 29.4. The van der Waals surface area contributed by atoms with Crippen LogP contribution in [0.4, 0.5) is 5.69 Å². The summed E-state index contributed by atoms with van der Waals surface area (Å²) in [6.45, 7) is 2.96. The molecule has 2 aromatic carbocycles. The van der Waals surface area contributed by atoms with Crippen molar-refractivity contribution < 1.29 is 31.2 Å². The molecule has 4 fully saturated rings. The molecule has 2 aromatic rings. The number of hydrogen-bond acceptors (Lipinski definition) is 3. The summed E-state index contributed by atoms with van der Waals surface area (Å²) in [7, 11) is 0. The van der Waals surface area contributed by atoms with Gasteiger partial charge in [-0.1, -0.05) is 35.9 Å². The fourth-order valence-electron chi connectivity index (χ4n) is 9.21. The van der Waals surface area contributed by atoms with Crippen LogP contribution >= 0.6 is 11.6 Å². The summed E-state index contributed by atoms with van der Waals surface area (Å²) in [5.74, 6) is 1.15. The predicted molar refractivity (Wildman–Crippen MR) is 132 cm³/mol. The second-order valence-corrected chi connectivity index (χ2v) is 11.9. The fraction of sp³-hybridized carbons (Fsp3) is 0.448. The van der Waals surface area contributed by atoms with Crippen LogP contribution in [0, 0.1) is 11.8 Å². The third kappa shape index (κ3) is 2.70. The van der Waals surface area contributed by atoms with E-state index in [9.17, 15) is 9.59 Å². The maximum Gasteiger partial charge on any atom is 0.229 e. The third-order valence-electron chi connectivity index (χ3n) is 10.3. The molecular formula is C29H28Cl2N2O3. The van der Waals surface area contributed by atoms with Crippen molar-refractivity contribution in [2.75, 3.05) is 31.1 Å². The largest absolute Gasteiger partial charge is 1.00 e. The quantitative estimate of drug-likeness (QED) is 0.345. The van der Waals surface area contributed by atoms with E-state index < -0.39 is 0 Å². The van der Waals surface area contributed by atoms with E-state index in [4.69, 9.17) is 16.3 Å². The summed E-state index contributed by atoms with van der Waals surface area (Å²) < 4.78 is 7.18. The topological polar surface area (TPSA) is 46.6 Å². The Labute approximate surface area is 222 Å². The minimum atomic E-state index is -0.106. The van der Waals surface area contributed by atoms with Gasteiger partial charge in [0.15, 0.2) is 0 Å². The fourth-order valence-corrected chi connectivity index (χ4v) is 9.34. The van der Waals surface area contributed by atoms with Crippen LogP contribution in [-0.4, -0.2) is 60.6 Å². The summed E-state index contributed by atoms with van der Waals surface area (Å²) >= 11 is 6.10. The molecule has 0 N–H and O–H groups in total. The van der Waals surface area contributed by atoms with Crippen LogP contribution < -0.4 is 17.3 Å². The zero-order valence-electron chi connectivity index (χ0n) is 19.9. The SMILES string of the molecule is O=C(C[N+]12CC[C@@]34c5ccccc5N5C(=O)C[C@@H]6OCC=C(C1)[C@H](C[C@@H]32)[C@@H]6[C@H]54)c1ccc(Cl)cc1.[Cl-]. The van der Waals surface area contributed by atoms with Gasteiger partial charge in [-0.2, -0.15) is 0 Å². The van der Waals surface area contributed by atoms with Crippen molar-refractivity contribution in [1.29, 1.82) is 0 Å². The average molecular weight is 523 g/mol. The number of nitrogens with zero attached hydrogens (tertiary/aromatic N) is 2. The molecule has 36 heavy (non-hydrogen) atoms. The van der Waals surface area contributed by atoms with Crippen molar-refractivity contribution in [2.45, 2.75) is 42.9 Å². The van der Waals surface area contributed by atoms with E-state index >= 15 is 0 Å². The van der Waals surface area contributed by atoms with E-state index in [0.717, 1.165) is 41.7 Å². The normalized spacial score (nSPS) is 38.6. The van der Waals surface area contributed by atoms with Gasteiger partial charge in [-0.05, 0) is 47.4 Å². The van der Waals surface area contributed by atoms with Gasteiger partial charge in [0.1, 0.15) is 19.1 Å². The van der Waals surface area contributed by atoms with Crippen molar-refractivity contribution in [1.82, 2.24) is 0 Å². The Hall–Kier alpha value is -2.18. The zero-order valence-corrected chi connectivity index (χ0v) is 21.4. The molecule has 3 saturated heterocycles. The predicted octanol–water partition coefficient (Wildman–Crippen LogP) is 1.15. The molecule has 1 saturated carbocycles. The Balaban J connectivity index is 0.00000220. The number of benzene rings is 2. The Kier molecular flexibility index (Phi) is 4.90. The van der Waals surface area contributed by atoms with Crippen LogP contribution in [-0.2, 0) is 14.9 Å². The highest BCUT2D eigenvalue weighted by Crippen LogP contribution is 2.67. The smallest absolute Gasteiger partial charge is 0.229 e. The molecule has 1 unspecified atom stereocenters. The molecule has 8 rings (SSSR count). The van der Waals surface area contributed by atoms with Gasteiger partial charge >= 0.3 is 0 Å². The number of anilines is 1. The minimum absolute atomic E-state index is 0. The lowest BCUT2D eigenvalue weighted by Crippen LogP contribution is -3.00. The maximum absolute atomic E-state index is 13.7. The molecule has 1 aliphatic carbocycles. The highest BCUT2D eigenvalue weighted by Gasteiger charge is 2.76. The van der Waals surface area contributed by atoms with Crippen LogP contribution in [0.3, 0.4) is 0 Å². The van der Waals surface area contributed by atoms with Crippen molar-refractivity contribution in [3.63, 3.8) is 0 Å². The lowest BCUT2D eigenvalue weighted by Gasteiger charge is -2.60. The standard InChI is InChI=1S/C29H28ClN2O3.ClH/c30-19-7-5-17(6-8-19)23(33)16-32-11-10-29-21-3-1-2-4-22(21)31-26(34)14-24-27(28(29)31)20(13-25(29)32)18(15-32)9-12-35-24;/h1-9,20,24-25,27-28H,10-16H2;1H/q+1;/p-1/t20-,24-,25-,27-,28-,29+,32?;/m0./s1. The number of ether oxygens (including phenoxy) is 1. The third-order valence-corrected chi connectivity index (χ3v) is 10.6. The molecule has 0 radical (unpaired) electrons. The molecule has 7 atom stereocenters. The van der Waals surface area contributed by atoms with Gasteiger partial charge < -0.3 is 26.5 Å². The minimum Gasteiger partial charge on any atom is -1.00 e. The van der Waals surface area contributed by atoms with Crippen LogP contribution in [0.15, 0.2) is 60.2 Å². The van der Waals surface area contributed by atoms with Crippen LogP contribution in [0.1, 0.15) is 35.2 Å². The number of carbonyl (C=O) groups is 2. The molecule has 5 aliphatic heterocycles. The summed E-state index contributed by atoms with van der Waals surface area (Å²) in [5.41, 5.74) is 4.52. The van der Waals surface area contributed by atoms with Crippen LogP contribution in [0.2, 0.25) is 5.02 Å². The number of carbonyl (C=O) groups excluding carboxylic acids is 2. The first-order chi connectivity index (χ1) is 17.0. The zero-order chi connectivity index (χ0) is 23.5. The van der Waals surface area contributed by atoms with Gasteiger partial charge in [-0.3, -0.25) is 9.59 Å². The second-order valence-electron chi connectivity index (χ2n) is 11.5. The van der Waals surface area contributed by atoms with E-state index in [1.165, 1.54) is 11.1 Å². The van der Waals surface area contributed by atoms with Gasteiger partial charge in [0, 0.05) is 35.0 Å². The van der Waals surface area contributed by atoms with E-state index in [-0.39, 0.29) is 41.7 Å². The monoisotopic (exact) mass is 522 g/mol. The Morgan fingerprint density at radius 1 is 1.17 bits per heavy atom. The number of halogens is 2. The number of para-hydroxylation sites is 1. The Morgan fingerprint density at radius 3 is 2.81 bits per heavy atom. The molecule has 2 bridgehead atoms. The number of hydrogen-bond donors (Lipinski definition) is 0. The number of fused-ring (bicyclic) bond motifs is 2. The number of quaternary nitrogens is 1. The van der Waals surface area contributed by atoms with Crippen molar-refractivity contribution in [2.24, 2.45) is 11.8 Å². The summed E-state index contributed by atoms with van der Waals surface area (Å²) in [5, 5.41) is 0.649. The molecule has 1 amide bonds. The van der Waals surface area contributed by atoms with Crippen LogP contribution in [0.25, 0.3) is 0 Å². The lowest BCUT2D eigenvalue weighted by molar-refractivity contribution is -0.935. The number of Topliss-reactive ketones (excluding diaryl/α,β-unsaturated/α-hetero) is 1. The highest BCUT2D eigenvalue weighted by molar-refractivity contribution is 6.30. The maximum atomic E-state index is 13.7. The van der Waals surface area contributed by atoms with E-state index in [2.05, 4.69) is 35.2 Å². The van der Waals surface area contributed by atoms with E-state index in [1.807, 2.05) is 24.3 Å². The van der Waals surface area contributed by atoms with Gasteiger partial charge in [0.05, 0.1) is 37.1 Å². The molecule has 0 aromatic heterocycles. The molecule has 1 spiro atoms. The molecular weight excluding hydrogens is 495 g/mol.